The van der Waals surface area contributed by atoms with Crippen LogP contribution in [0.1, 0.15) is 47.0 Å². The Kier molecular flexibility index (Phi) is 6.93. The highest BCUT2D eigenvalue weighted by Crippen LogP contribution is 2.30. The van der Waals surface area contributed by atoms with Gasteiger partial charge in [0.1, 0.15) is 0 Å². The molecule has 0 heterocycles. The fraction of sp³-hybridized carbons (Fsp3) is 0.421. The van der Waals surface area contributed by atoms with Crippen LogP contribution in [0.4, 0.5) is 0 Å². The number of carboxylic acid groups (broad SMARTS) is 1. The molecule has 1 aliphatic rings. The van der Waals surface area contributed by atoms with Gasteiger partial charge in [-0.15, -0.1) is 0 Å². The molecule has 0 aliphatic heterocycles. The predicted octanol–water partition coefficient (Wildman–Crippen LogP) is 5.21. The Labute approximate surface area is 128 Å². The van der Waals surface area contributed by atoms with Crippen LogP contribution in [0.3, 0.4) is 0 Å². The molecule has 0 bridgehead atoms. The van der Waals surface area contributed by atoms with E-state index < -0.39 is 5.97 Å². The van der Waals surface area contributed by atoms with Crippen LogP contribution in [-0.4, -0.2) is 11.1 Å². The van der Waals surface area contributed by atoms with Crippen LogP contribution >= 0.6 is 0 Å². The third-order valence-electron chi connectivity index (χ3n) is 3.81. The van der Waals surface area contributed by atoms with Gasteiger partial charge in [-0.05, 0) is 57.1 Å². The number of hydrogen-bond acceptors (Lipinski definition) is 1. The normalized spacial score (nSPS) is 21.6. The highest BCUT2D eigenvalue weighted by Gasteiger charge is 2.14. The molecule has 0 fully saturated rings. The molecule has 0 spiro atoms. The summed E-state index contributed by atoms with van der Waals surface area (Å²) < 4.78 is 0. The standard InChI is InChI=1S/C19H26O2/c1-14(7-5-8-15(2)13-19(20)21)11-12-18-16(3)9-6-10-17(18)4/h5,7-8,11-13,16H,6,9-10H2,1-4H3,(H,20,21)/b8-5+,12-11+,14-7-,15-13-. The zero-order valence-corrected chi connectivity index (χ0v) is 13.5. The summed E-state index contributed by atoms with van der Waals surface area (Å²) in [7, 11) is 0. The van der Waals surface area contributed by atoms with E-state index in [-0.39, 0.29) is 0 Å². The highest BCUT2D eigenvalue weighted by molar-refractivity contribution is 5.81. The summed E-state index contributed by atoms with van der Waals surface area (Å²) in [6.07, 6.45) is 15.1. The summed E-state index contributed by atoms with van der Waals surface area (Å²) in [4.78, 5) is 10.5. The minimum absolute atomic E-state index is 0.652. The highest BCUT2D eigenvalue weighted by atomic mass is 16.4. The largest absolute Gasteiger partial charge is 0.478 e. The van der Waals surface area contributed by atoms with Crippen molar-refractivity contribution in [1.29, 1.82) is 0 Å². The number of rotatable bonds is 5. The van der Waals surface area contributed by atoms with E-state index in [4.69, 9.17) is 5.11 Å². The smallest absolute Gasteiger partial charge is 0.328 e. The number of carbonyl (C=O) groups is 1. The molecule has 21 heavy (non-hydrogen) atoms. The first-order chi connectivity index (χ1) is 9.90. The SMILES string of the molecule is CC1=C(/C=C/C(C)=C\C=C\C(C)=C/C(=O)O)C(C)CCC1. The van der Waals surface area contributed by atoms with Gasteiger partial charge >= 0.3 is 5.97 Å². The molecule has 0 aromatic heterocycles. The van der Waals surface area contributed by atoms with E-state index in [0.717, 1.165) is 11.1 Å². The molecule has 1 atom stereocenters. The summed E-state index contributed by atoms with van der Waals surface area (Å²) in [5.74, 6) is -0.259. The molecule has 0 saturated carbocycles. The van der Waals surface area contributed by atoms with Crippen LogP contribution in [0.25, 0.3) is 0 Å². The molecule has 1 rings (SSSR count). The van der Waals surface area contributed by atoms with Gasteiger partial charge in [-0.25, -0.2) is 4.79 Å². The van der Waals surface area contributed by atoms with E-state index in [1.807, 2.05) is 12.2 Å². The van der Waals surface area contributed by atoms with Crippen molar-refractivity contribution in [2.45, 2.75) is 47.0 Å². The van der Waals surface area contributed by atoms with Crippen molar-refractivity contribution in [2.24, 2.45) is 5.92 Å². The van der Waals surface area contributed by atoms with Crippen LogP contribution in [0.15, 0.2) is 58.7 Å². The number of allylic oxidation sites excluding steroid dienone is 9. The summed E-state index contributed by atoms with van der Waals surface area (Å²) in [5, 5.41) is 8.63. The average molecular weight is 286 g/mol. The van der Waals surface area contributed by atoms with Crippen molar-refractivity contribution in [1.82, 2.24) is 0 Å². The second-order valence-electron chi connectivity index (χ2n) is 5.86. The van der Waals surface area contributed by atoms with Crippen LogP contribution in [-0.2, 0) is 4.79 Å². The molecular formula is C19H26O2. The zero-order valence-electron chi connectivity index (χ0n) is 13.5. The van der Waals surface area contributed by atoms with Crippen LogP contribution in [0.5, 0.6) is 0 Å². The predicted molar refractivity (Wildman–Crippen MR) is 89.1 cm³/mol. The maximum Gasteiger partial charge on any atom is 0.328 e. The van der Waals surface area contributed by atoms with Crippen LogP contribution in [0.2, 0.25) is 0 Å². The minimum atomic E-state index is -0.911. The first-order valence-electron chi connectivity index (χ1n) is 7.54. The average Bonchev–Trinajstić information content (AvgIpc) is 2.37. The van der Waals surface area contributed by atoms with Gasteiger partial charge < -0.3 is 5.11 Å². The number of aliphatic carboxylic acids is 1. The Balaban J connectivity index is 2.70. The van der Waals surface area contributed by atoms with Crippen molar-refractivity contribution in [3.05, 3.63) is 58.7 Å². The molecular weight excluding hydrogens is 260 g/mol. The second kappa shape index (κ2) is 8.46. The summed E-state index contributed by atoms with van der Waals surface area (Å²) >= 11 is 0. The van der Waals surface area contributed by atoms with Crippen molar-refractivity contribution in [3.8, 4) is 0 Å². The van der Waals surface area contributed by atoms with Gasteiger partial charge in [0.25, 0.3) is 0 Å². The van der Waals surface area contributed by atoms with E-state index in [1.165, 1.54) is 36.5 Å². The Morgan fingerprint density at radius 3 is 2.57 bits per heavy atom. The Morgan fingerprint density at radius 1 is 1.24 bits per heavy atom. The summed E-state index contributed by atoms with van der Waals surface area (Å²) in [5.41, 5.74) is 4.87. The first-order valence-corrected chi connectivity index (χ1v) is 7.54. The molecule has 0 saturated heterocycles. The number of carboxylic acids is 1. The van der Waals surface area contributed by atoms with Gasteiger partial charge in [0.15, 0.2) is 0 Å². The van der Waals surface area contributed by atoms with Crippen molar-refractivity contribution in [2.75, 3.05) is 0 Å². The molecule has 2 nitrogen and oxygen atoms in total. The van der Waals surface area contributed by atoms with Gasteiger partial charge in [0.05, 0.1) is 0 Å². The van der Waals surface area contributed by atoms with Crippen molar-refractivity contribution in [3.63, 3.8) is 0 Å². The minimum Gasteiger partial charge on any atom is -0.478 e. The van der Waals surface area contributed by atoms with Gasteiger partial charge in [-0.3, -0.25) is 0 Å². The van der Waals surface area contributed by atoms with Gasteiger partial charge in [-0.1, -0.05) is 48.5 Å². The molecule has 0 aromatic rings. The zero-order chi connectivity index (χ0) is 15.8. The van der Waals surface area contributed by atoms with Crippen LogP contribution in [0, 0.1) is 5.92 Å². The van der Waals surface area contributed by atoms with Crippen molar-refractivity contribution >= 4 is 5.97 Å². The molecule has 0 radical (unpaired) electrons. The lowest BCUT2D eigenvalue weighted by molar-refractivity contribution is -0.131. The second-order valence-corrected chi connectivity index (χ2v) is 5.86. The summed E-state index contributed by atoms with van der Waals surface area (Å²) in [6.45, 7) is 8.36. The lowest BCUT2D eigenvalue weighted by Gasteiger charge is -2.22. The third kappa shape index (κ3) is 6.44. The Bertz CT molecular complexity index is 528. The van der Waals surface area contributed by atoms with Gasteiger partial charge in [-0.2, -0.15) is 0 Å². The van der Waals surface area contributed by atoms with Gasteiger partial charge in [0.2, 0.25) is 0 Å². The van der Waals surface area contributed by atoms with Gasteiger partial charge in [0, 0.05) is 6.08 Å². The molecule has 0 aromatic carbocycles. The topological polar surface area (TPSA) is 37.3 Å². The maximum atomic E-state index is 10.5. The molecule has 1 N–H and O–H groups in total. The Morgan fingerprint density at radius 2 is 1.95 bits per heavy atom. The molecule has 114 valence electrons. The van der Waals surface area contributed by atoms with E-state index >= 15 is 0 Å². The van der Waals surface area contributed by atoms with E-state index in [0.29, 0.717) is 5.92 Å². The molecule has 0 amide bonds. The molecule has 1 aliphatic carbocycles. The Hall–Kier alpha value is -1.83. The quantitative estimate of drug-likeness (QED) is 0.556. The number of hydrogen-bond donors (Lipinski definition) is 1. The molecule has 2 heteroatoms. The van der Waals surface area contributed by atoms with Crippen molar-refractivity contribution < 1.29 is 9.90 Å². The van der Waals surface area contributed by atoms with E-state index in [2.05, 4.69) is 32.9 Å². The first kappa shape index (κ1) is 17.2. The lowest BCUT2D eigenvalue weighted by Crippen LogP contribution is -2.06. The monoisotopic (exact) mass is 286 g/mol. The summed E-state index contributed by atoms with van der Waals surface area (Å²) in [6, 6.07) is 0. The molecule has 1 unspecified atom stereocenters. The third-order valence-corrected chi connectivity index (χ3v) is 3.81. The maximum absolute atomic E-state index is 10.5. The van der Waals surface area contributed by atoms with Crippen LogP contribution < -0.4 is 0 Å². The van der Waals surface area contributed by atoms with E-state index in [9.17, 15) is 4.79 Å². The fourth-order valence-electron chi connectivity index (χ4n) is 2.57. The van der Waals surface area contributed by atoms with E-state index in [1.54, 1.807) is 13.0 Å². The lowest BCUT2D eigenvalue weighted by atomic mass is 9.84. The fourth-order valence-corrected chi connectivity index (χ4v) is 2.57.